The van der Waals surface area contributed by atoms with E-state index in [4.69, 9.17) is 21.4 Å². The van der Waals surface area contributed by atoms with Gasteiger partial charge >= 0.3 is 0 Å². The van der Waals surface area contributed by atoms with E-state index in [2.05, 4.69) is 108 Å². The van der Waals surface area contributed by atoms with Crippen LogP contribution in [0.4, 0.5) is 0 Å². The number of carbonyl (C=O) groups excluding carboxylic acids is 1. The van der Waals surface area contributed by atoms with Crippen LogP contribution in [0.5, 0.6) is 5.75 Å². The van der Waals surface area contributed by atoms with Gasteiger partial charge in [-0.05, 0) is 67.6 Å². The molecule has 10 heteroatoms. The van der Waals surface area contributed by atoms with Crippen LogP contribution >= 0.6 is 11.6 Å². The van der Waals surface area contributed by atoms with Gasteiger partial charge in [-0.25, -0.2) is 4.68 Å². The van der Waals surface area contributed by atoms with E-state index in [9.17, 15) is 4.79 Å². The highest BCUT2D eigenvalue weighted by atomic mass is 35.5. The summed E-state index contributed by atoms with van der Waals surface area (Å²) in [6.45, 7) is 26.3. The summed E-state index contributed by atoms with van der Waals surface area (Å²) in [4.78, 5) is 13.1. The third-order valence-electron chi connectivity index (χ3n) is 9.80. The van der Waals surface area contributed by atoms with Crippen LogP contribution in [-0.4, -0.2) is 48.1 Å². The SMILES string of the molecule is CCC(CNC(=O)CCc1c(C)nn(-c2nnc3c(Cl)c(C(C)(C)C)[nH]n23)c1C)Oc1ccc(C(C)(C)CC)cc1C(C)(C)CC. The number of hydrogen-bond acceptors (Lipinski definition) is 5. The topological polar surface area (TPSA) is 102 Å². The summed E-state index contributed by atoms with van der Waals surface area (Å²) >= 11 is 6.64. The van der Waals surface area contributed by atoms with Crippen molar-refractivity contribution < 1.29 is 9.53 Å². The summed E-state index contributed by atoms with van der Waals surface area (Å²) < 4.78 is 10.1. The Balaban J connectivity index is 1.44. The number of fused-ring (bicyclic) bond motifs is 1. The Morgan fingerprint density at radius 3 is 2.30 bits per heavy atom. The summed E-state index contributed by atoms with van der Waals surface area (Å²) in [5.74, 6) is 1.42. The molecular formula is C36H54ClN7O2. The summed E-state index contributed by atoms with van der Waals surface area (Å²) in [5.41, 5.74) is 6.67. The first kappa shape index (κ1) is 35.5. The number of aromatic amines is 1. The maximum absolute atomic E-state index is 13.1. The molecule has 0 bridgehead atoms. The molecule has 1 aromatic carbocycles. The van der Waals surface area contributed by atoms with E-state index in [1.807, 2.05) is 13.8 Å². The lowest BCUT2D eigenvalue weighted by Gasteiger charge is -2.31. The lowest BCUT2D eigenvalue weighted by Crippen LogP contribution is -2.35. The molecule has 1 unspecified atom stereocenters. The molecule has 0 radical (unpaired) electrons. The summed E-state index contributed by atoms with van der Waals surface area (Å²) in [6, 6.07) is 6.65. The van der Waals surface area contributed by atoms with Crippen LogP contribution in [0.25, 0.3) is 11.6 Å². The van der Waals surface area contributed by atoms with Crippen molar-refractivity contribution in [3.05, 3.63) is 57.0 Å². The minimum Gasteiger partial charge on any atom is -0.488 e. The molecule has 4 rings (SSSR count). The van der Waals surface area contributed by atoms with Gasteiger partial charge in [0.2, 0.25) is 5.91 Å². The standard InChI is InChI=1S/C36H54ClN7O2/c1-13-25(46-28-18-16-24(35(9,10)14-2)20-27(28)36(11,12)15-3)21-38-29(45)19-17-26-22(4)41-43(23(26)5)33-40-39-32-30(37)31(34(6,7)8)42-44(32)33/h16,18,20,25,42H,13-15,17,19,21H2,1-12H3,(H,38,45). The molecule has 46 heavy (non-hydrogen) atoms. The van der Waals surface area contributed by atoms with Gasteiger partial charge in [-0.1, -0.05) is 93.0 Å². The molecule has 0 spiro atoms. The van der Waals surface area contributed by atoms with Crippen LogP contribution in [0.1, 0.15) is 129 Å². The molecule has 3 heterocycles. The molecule has 0 saturated carbocycles. The number of hydrogen-bond donors (Lipinski definition) is 2. The highest BCUT2D eigenvalue weighted by Gasteiger charge is 2.29. The molecule has 0 aliphatic carbocycles. The number of aromatic nitrogens is 6. The molecule has 2 N–H and O–H groups in total. The molecule has 0 aliphatic rings. The van der Waals surface area contributed by atoms with Crippen molar-refractivity contribution in [1.82, 2.24) is 34.9 Å². The molecule has 0 aliphatic heterocycles. The molecule has 9 nitrogen and oxygen atoms in total. The Morgan fingerprint density at radius 2 is 1.70 bits per heavy atom. The van der Waals surface area contributed by atoms with Gasteiger partial charge in [0.25, 0.3) is 5.95 Å². The number of H-pyrrole nitrogens is 1. The Hall–Kier alpha value is -3.33. The van der Waals surface area contributed by atoms with Crippen molar-refractivity contribution in [2.45, 2.75) is 138 Å². The van der Waals surface area contributed by atoms with Crippen LogP contribution in [0, 0.1) is 13.8 Å². The molecule has 252 valence electrons. The third-order valence-corrected chi connectivity index (χ3v) is 10.2. The van der Waals surface area contributed by atoms with E-state index in [-0.39, 0.29) is 28.3 Å². The second-order valence-corrected chi connectivity index (χ2v) is 15.3. The van der Waals surface area contributed by atoms with Gasteiger partial charge in [0.15, 0.2) is 5.65 Å². The van der Waals surface area contributed by atoms with Crippen LogP contribution in [0.3, 0.4) is 0 Å². The predicted molar refractivity (Wildman–Crippen MR) is 187 cm³/mol. The Kier molecular flexibility index (Phi) is 10.4. The number of nitrogens with zero attached hydrogens (tertiary/aromatic N) is 5. The lowest BCUT2D eigenvalue weighted by molar-refractivity contribution is -0.121. The average molecular weight is 652 g/mol. The van der Waals surface area contributed by atoms with Crippen LogP contribution in [0.15, 0.2) is 18.2 Å². The van der Waals surface area contributed by atoms with Crippen LogP contribution in [0.2, 0.25) is 5.02 Å². The highest BCUT2D eigenvalue weighted by Crippen LogP contribution is 2.39. The smallest absolute Gasteiger partial charge is 0.271 e. The zero-order valence-corrected chi connectivity index (χ0v) is 30.7. The molecule has 0 fully saturated rings. The largest absolute Gasteiger partial charge is 0.488 e. The van der Waals surface area contributed by atoms with Gasteiger partial charge in [0, 0.05) is 23.1 Å². The fourth-order valence-corrected chi connectivity index (χ4v) is 6.09. The van der Waals surface area contributed by atoms with E-state index in [1.165, 1.54) is 11.1 Å². The van der Waals surface area contributed by atoms with Crippen molar-refractivity contribution in [3.8, 4) is 11.7 Å². The monoisotopic (exact) mass is 651 g/mol. The Bertz CT molecular complexity index is 1690. The van der Waals surface area contributed by atoms with E-state index in [0.29, 0.717) is 36.0 Å². The normalized spacial score (nSPS) is 13.4. The predicted octanol–water partition coefficient (Wildman–Crippen LogP) is 8.09. The second-order valence-electron chi connectivity index (χ2n) is 14.9. The van der Waals surface area contributed by atoms with Gasteiger partial charge in [0.1, 0.15) is 16.9 Å². The summed E-state index contributed by atoms with van der Waals surface area (Å²) in [7, 11) is 0. The van der Waals surface area contributed by atoms with E-state index in [1.54, 1.807) is 9.20 Å². The average Bonchev–Trinajstić information content (AvgIpc) is 3.65. The zero-order valence-electron chi connectivity index (χ0n) is 30.0. The maximum Gasteiger partial charge on any atom is 0.271 e. The van der Waals surface area contributed by atoms with Crippen LogP contribution in [-0.2, 0) is 27.5 Å². The first-order valence-electron chi connectivity index (χ1n) is 16.7. The number of amides is 1. The fourth-order valence-electron chi connectivity index (χ4n) is 5.64. The first-order valence-corrected chi connectivity index (χ1v) is 17.1. The van der Waals surface area contributed by atoms with Gasteiger partial charge < -0.3 is 10.1 Å². The quantitative estimate of drug-likeness (QED) is 0.152. The molecule has 3 aromatic heterocycles. The van der Waals surface area contributed by atoms with Gasteiger partial charge in [-0.2, -0.15) is 9.61 Å². The van der Waals surface area contributed by atoms with Gasteiger partial charge in [-0.3, -0.25) is 9.89 Å². The molecule has 1 atom stereocenters. The third kappa shape index (κ3) is 7.14. The number of benzene rings is 1. The zero-order chi connectivity index (χ0) is 34.2. The van der Waals surface area contributed by atoms with Crippen molar-refractivity contribution in [1.29, 1.82) is 0 Å². The number of aryl methyl sites for hydroxylation is 1. The van der Waals surface area contributed by atoms with Crippen molar-refractivity contribution in [2.75, 3.05) is 6.54 Å². The number of rotatable bonds is 13. The summed E-state index contributed by atoms with van der Waals surface area (Å²) in [5, 5.41) is 20.5. The molecule has 4 aromatic rings. The molecule has 0 saturated heterocycles. The van der Waals surface area contributed by atoms with E-state index in [0.717, 1.165) is 47.7 Å². The van der Waals surface area contributed by atoms with Crippen molar-refractivity contribution in [3.63, 3.8) is 0 Å². The van der Waals surface area contributed by atoms with Crippen molar-refractivity contribution in [2.24, 2.45) is 0 Å². The highest BCUT2D eigenvalue weighted by molar-refractivity contribution is 6.34. The Morgan fingerprint density at radius 1 is 1.02 bits per heavy atom. The minimum atomic E-state index is -0.185. The van der Waals surface area contributed by atoms with Gasteiger partial charge in [-0.15, -0.1) is 10.2 Å². The molecule has 1 amide bonds. The van der Waals surface area contributed by atoms with Crippen molar-refractivity contribution >= 4 is 23.2 Å². The first-order chi connectivity index (χ1) is 21.4. The number of carbonyl (C=O) groups is 1. The minimum absolute atomic E-state index is 0.0152. The number of halogens is 1. The lowest BCUT2D eigenvalue weighted by atomic mass is 9.76. The van der Waals surface area contributed by atoms with Crippen LogP contribution < -0.4 is 10.1 Å². The number of nitrogens with one attached hydrogen (secondary N) is 2. The summed E-state index contributed by atoms with van der Waals surface area (Å²) in [6.07, 6.45) is 3.62. The fraction of sp³-hybridized carbons (Fsp3) is 0.611. The Labute approximate surface area is 279 Å². The second kappa shape index (κ2) is 13.4. The van der Waals surface area contributed by atoms with Gasteiger partial charge in [0.05, 0.1) is 17.9 Å². The number of ether oxygens (including phenoxy) is 1. The molecular weight excluding hydrogens is 598 g/mol. The van der Waals surface area contributed by atoms with E-state index >= 15 is 0 Å². The maximum atomic E-state index is 13.1. The van der Waals surface area contributed by atoms with E-state index < -0.39 is 0 Å².